The van der Waals surface area contributed by atoms with E-state index in [1.165, 1.54) is 18.3 Å². The molecule has 17 heavy (non-hydrogen) atoms. The van der Waals surface area contributed by atoms with Crippen molar-refractivity contribution in [2.75, 3.05) is 5.73 Å². The second-order valence-electron chi connectivity index (χ2n) is 3.33. The summed E-state index contributed by atoms with van der Waals surface area (Å²) in [6, 6.07) is 3.00. The normalized spacial score (nSPS) is 10.6. The molecule has 0 bridgehead atoms. The lowest BCUT2D eigenvalue weighted by molar-refractivity contribution is 0.627. The summed E-state index contributed by atoms with van der Waals surface area (Å²) in [5.74, 6) is -0.607. The number of pyridine rings is 1. The third-order valence-electron chi connectivity index (χ3n) is 2.24. The second kappa shape index (κ2) is 4.69. The largest absolute Gasteiger partial charge is 0.396 e. The molecule has 0 amide bonds. The maximum absolute atomic E-state index is 13.3. The van der Waals surface area contributed by atoms with Crippen LogP contribution in [0.3, 0.4) is 0 Å². The van der Waals surface area contributed by atoms with Gasteiger partial charge in [0.05, 0.1) is 27.0 Å². The lowest BCUT2D eigenvalue weighted by Crippen LogP contribution is -1.96. The van der Waals surface area contributed by atoms with Gasteiger partial charge in [-0.15, -0.1) is 0 Å². The summed E-state index contributed by atoms with van der Waals surface area (Å²) in [6.45, 7) is 0. The van der Waals surface area contributed by atoms with Crippen molar-refractivity contribution in [1.29, 1.82) is 0 Å². The van der Waals surface area contributed by atoms with Crippen LogP contribution in [0.15, 0.2) is 24.5 Å². The van der Waals surface area contributed by atoms with Gasteiger partial charge < -0.3 is 5.73 Å². The predicted molar refractivity (Wildman–Crippen MR) is 69.1 cm³/mol. The molecule has 0 atom stereocenters. The van der Waals surface area contributed by atoms with Gasteiger partial charge in [-0.1, -0.05) is 34.8 Å². The standard InChI is InChI=1S/C11H6Cl3FN2/c12-7-2-9(14)8(13)1-5(7)6-3-17-4-10(15)11(6)16/h1-4H,(H2,16,17). The highest BCUT2D eigenvalue weighted by atomic mass is 35.5. The minimum atomic E-state index is -0.607. The van der Waals surface area contributed by atoms with Gasteiger partial charge >= 0.3 is 0 Å². The first-order chi connectivity index (χ1) is 8.00. The van der Waals surface area contributed by atoms with Crippen LogP contribution in [0.2, 0.25) is 15.1 Å². The second-order valence-corrected chi connectivity index (χ2v) is 4.55. The number of benzene rings is 1. The average Bonchev–Trinajstić information content (AvgIpc) is 2.28. The van der Waals surface area contributed by atoms with Crippen molar-refractivity contribution >= 4 is 40.5 Å². The molecule has 0 radical (unpaired) electrons. The summed E-state index contributed by atoms with van der Waals surface area (Å²) in [5, 5.41) is 0.969. The first kappa shape index (κ1) is 12.4. The quantitative estimate of drug-likeness (QED) is 0.789. The molecule has 0 spiro atoms. The van der Waals surface area contributed by atoms with Crippen LogP contribution >= 0.6 is 34.8 Å². The van der Waals surface area contributed by atoms with E-state index < -0.39 is 5.82 Å². The molecule has 1 heterocycles. The van der Waals surface area contributed by atoms with Crippen LogP contribution in [-0.2, 0) is 0 Å². The third kappa shape index (κ3) is 2.32. The summed E-state index contributed by atoms with van der Waals surface area (Å²) < 4.78 is 13.3. The van der Waals surface area contributed by atoms with Crippen molar-refractivity contribution in [2.24, 2.45) is 0 Å². The molecule has 0 fully saturated rings. The number of nitrogens with zero attached hydrogens (tertiary/aromatic N) is 1. The number of hydrogen-bond acceptors (Lipinski definition) is 2. The number of halogens is 4. The zero-order chi connectivity index (χ0) is 12.6. The number of hydrogen-bond donors (Lipinski definition) is 1. The number of nitrogen functional groups attached to an aromatic ring is 1. The Morgan fingerprint density at radius 3 is 2.29 bits per heavy atom. The molecule has 0 saturated carbocycles. The van der Waals surface area contributed by atoms with E-state index in [1.54, 1.807) is 0 Å². The zero-order valence-electron chi connectivity index (χ0n) is 8.35. The first-order valence-corrected chi connectivity index (χ1v) is 5.68. The summed E-state index contributed by atoms with van der Waals surface area (Å²) in [5.41, 5.74) is 6.47. The van der Waals surface area contributed by atoms with Crippen LogP contribution in [0.4, 0.5) is 10.1 Å². The molecule has 2 N–H and O–H groups in total. The van der Waals surface area contributed by atoms with Crippen LogP contribution in [0, 0.1) is 5.82 Å². The van der Waals surface area contributed by atoms with Crippen molar-refractivity contribution in [3.63, 3.8) is 0 Å². The molecule has 0 saturated heterocycles. The van der Waals surface area contributed by atoms with Gasteiger partial charge in [-0.25, -0.2) is 4.39 Å². The van der Waals surface area contributed by atoms with Gasteiger partial charge in [0.25, 0.3) is 0 Å². The Kier molecular flexibility index (Phi) is 3.43. The SMILES string of the molecule is Nc1c(F)cncc1-c1cc(Cl)c(Cl)cc1Cl. The molecule has 2 nitrogen and oxygen atoms in total. The minimum Gasteiger partial charge on any atom is -0.396 e. The monoisotopic (exact) mass is 290 g/mol. The van der Waals surface area contributed by atoms with Crippen molar-refractivity contribution in [1.82, 2.24) is 4.98 Å². The van der Waals surface area contributed by atoms with Crippen molar-refractivity contribution < 1.29 is 4.39 Å². The third-order valence-corrected chi connectivity index (χ3v) is 3.27. The van der Waals surface area contributed by atoms with Crippen LogP contribution in [-0.4, -0.2) is 4.98 Å². The first-order valence-electron chi connectivity index (χ1n) is 4.54. The van der Waals surface area contributed by atoms with Gasteiger partial charge in [-0.05, 0) is 12.1 Å². The molecule has 2 aromatic rings. The Morgan fingerprint density at radius 1 is 0.941 bits per heavy atom. The average molecular weight is 292 g/mol. The molecule has 0 aliphatic carbocycles. The summed E-state index contributed by atoms with van der Waals surface area (Å²) in [7, 11) is 0. The molecular formula is C11H6Cl3FN2. The lowest BCUT2D eigenvalue weighted by Gasteiger charge is -2.09. The Morgan fingerprint density at radius 2 is 1.59 bits per heavy atom. The molecule has 1 aromatic carbocycles. The van der Waals surface area contributed by atoms with E-state index in [2.05, 4.69) is 4.98 Å². The number of aromatic nitrogens is 1. The Hall–Kier alpha value is -1.03. The molecule has 0 aliphatic rings. The highest BCUT2D eigenvalue weighted by Gasteiger charge is 2.13. The predicted octanol–water partition coefficient (Wildman–Crippen LogP) is 4.43. The van der Waals surface area contributed by atoms with Crippen molar-refractivity contribution in [3.05, 3.63) is 45.4 Å². The van der Waals surface area contributed by atoms with Crippen molar-refractivity contribution in [3.8, 4) is 11.1 Å². The fraction of sp³-hybridized carbons (Fsp3) is 0. The van der Waals surface area contributed by atoms with Crippen LogP contribution in [0.1, 0.15) is 0 Å². The van der Waals surface area contributed by atoms with Gasteiger partial charge in [0.15, 0.2) is 5.82 Å². The maximum Gasteiger partial charge on any atom is 0.164 e. The highest BCUT2D eigenvalue weighted by molar-refractivity contribution is 6.44. The van der Waals surface area contributed by atoms with E-state index in [0.717, 1.165) is 6.20 Å². The van der Waals surface area contributed by atoms with E-state index in [-0.39, 0.29) is 5.69 Å². The molecule has 88 valence electrons. The van der Waals surface area contributed by atoms with Gasteiger partial charge in [0.2, 0.25) is 0 Å². The number of rotatable bonds is 1. The Bertz CT molecular complexity index is 587. The molecule has 6 heteroatoms. The van der Waals surface area contributed by atoms with E-state index in [1.807, 2.05) is 0 Å². The van der Waals surface area contributed by atoms with Gasteiger partial charge in [-0.2, -0.15) is 0 Å². The van der Waals surface area contributed by atoms with Gasteiger partial charge in [-0.3, -0.25) is 4.98 Å². The number of anilines is 1. The summed E-state index contributed by atoms with van der Waals surface area (Å²) in [4.78, 5) is 3.72. The molecular weight excluding hydrogens is 285 g/mol. The molecule has 0 unspecified atom stereocenters. The van der Waals surface area contributed by atoms with Crippen molar-refractivity contribution in [2.45, 2.75) is 0 Å². The topological polar surface area (TPSA) is 38.9 Å². The highest BCUT2D eigenvalue weighted by Crippen LogP contribution is 2.37. The van der Waals surface area contributed by atoms with Crippen LogP contribution in [0.5, 0.6) is 0 Å². The van der Waals surface area contributed by atoms with Crippen LogP contribution in [0.25, 0.3) is 11.1 Å². The minimum absolute atomic E-state index is 0.0275. The Balaban J connectivity index is 2.69. The fourth-order valence-electron chi connectivity index (χ4n) is 1.39. The molecule has 0 aliphatic heterocycles. The molecule has 1 aromatic heterocycles. The smallest absolute Gasteiger partial charge is 0.164 e. The van der Waals surface area contributed by atoms with E-state index >= 15 is 0 Å². The summed E-state index contributed by atoms with van der Waals surface area (Å²) >= 11 is 17.7. The van der Waals surface area contributed by atoms with Gasteiger partial charge in [0.1, 0.15) is 0 Å². The zero-order valence-corrected chi connectivity index (χ0v) is 10.6. The van der Waals surface area contributed by atoms with E-state index in [0.29, 0.717) is 26.2 Å². The lowest BCUT2D eigenvalue weighted by atomic mass is 10.1. The number of nitrogens with two attached hydrogens (primary N) is 1. The molecule has 2 rings (SSSR count). The van der Waals surface area contributed by atoms with E-state index in [9.17, 15) is 4.39 Å². The van der Waals surface area contributed by atoms with Crippen LogP contribution < -0.4 is 5.73 Å². The van der Waals surface area contributed by atoms with Gasteiger partial charge in [0, 0.05) is 17.3 Å². The maximum atomic E-state index is 13.3. The summed E-state index contributed by atoms with van der Waals surface area (Å²) in [6.07, 6.45) is 2.45. The van der Waals surface area contributed by atoms with E-state index in [4.69, 9.17) is 40.5 Å². The Labute approximate surface area is 112 Å². The fourth-order valence-corrected chi connectivity index (χ4v) is 2.04.